The van der Waals surface area contributed by atoms with Gasteiger partial charge in [-0.15, -0.1) is 11.3 Å². The monoisotopic (exact) mass is 387 g/mol. The van der Waals surface area contributed by atoms with Gasteiger partial charge in [0.2, 0.25) is 0 Å². The number of carbonyl (C=O) groups is 1. The van der Waals surface area contributed by atoms with Crippen molar-refractivity contribution in [1.82, 2.24) is 5.32 Å². The summed E-state index contributed by atoms with van der Waals surface area (Å²) in [6.45, 7) is 2.55. The Hall–Kier alpha value is -0.650. The van der Waals surface area contributed by atoms with E-state index in [1.54, 1.807) is 11.3 Å². The highest BCUT2D eigenvalue weighted by Crippen LogP contribution is 2.20. The molecule has 1 aromatic carbocycles. The molecular weight excluding hydrogens is 378 g/mol. The molecule has 5 heteroatoms. The van der Waals surface area contributed by atoms with Crippen LogP contribution in [0, 0.1) is 6.92 Å². The van der Waals surface area contributed by atoms with Crippen molar-refractivity contribution in [1.29, 1.82) is 0 Å². The number of rotatable bonds is 3. The standard InChI is InChI=1S/C13H11Br2NOS/c1-8-2-3-9(4-12(8)15)13(17)16-6-11-5-10(14)7-18-11/h2-5,7H,6H2,1H3,(H,16,17). The smallest absolute Gasteiger partial charge is 0.251 e. The van der Waals surface area contributed by atoms with Gasteiger partial charge in [0.25, 0.3) is 5.91 Å². The van der Waals surface area contributed by atoms with Crippen LogP contribution < -0.4 is 5.32 Å². The lowest BCUT2D eigenvalue weighted by Crippen LogP contribution is -2.22. The molecule has 0 bridgehead atoms. The maximum Gasteiger partial charge on any atom is 0.251 e. The first-order chi connectivity index (χ1) is 8.56. The molecule has 0 atom stereocenters. The van der Waals surface area contributed by atoms with E-state index in [1.165, 1.54) is 0 Å². The van der Waals surface area contributed by atoms with E-state index in [1.807, 2.05) is 36.6 Å². The zero-order valence-corrected chi connectivity index (χ0v) is 13.7. The molecule has 2 nitrogen and oxygen atoms in total. The molecule has 1 heterocycles. The SMILES string of the molecule is Cc1ccc(C(=O)NCc2cc(Br)cs2)cc1Br. The fourth-order valence-corrected chi connectivity index (χ4v) is 3.22. The molecule has 94 valence electrons. The van der Waals surface area contributed by atoms with E-state index >= 15 is 0 Å². The maximum absolute atomic E-state index is 11.9. The predicted octanol–water partition coefficient (Wildman–Crippen LogP) is 4.51. The summed E-state index contributed by atoms with van der Waals surface area (Å²) in [5, 5.41) is 4.91. The lowest BCUT2D eigenvalue weighted by Gasteiger charge is -2.05. The quantitative estimate of drug-likeness (QED) is 0.823. The maximum atomic E-state index is 11.9. The molecule has 18 heavy (non-hydrogen) atoms. The number of aryl methyl sites for hydroxylation is 1. The molecule has 2 aromatic rings. The van der Waals surface area contributed by atoms with Crippen LogP contribution in [0.25, 0.3) is 0 Å². The summed E-state index contributed by atoms with van der Waals surface area (Å²) < 4.78 is 2.00. The Morgan fingerprint density at radius 1 is 1.33 bits per heavy atom. The number of halogens is 2. The van der Waals surface area contributed by atoms with Crippen molar-refractivity contribution in [3.8, 4) is 0 Å². The molecule has 0 saturated carbocycles. The van der Waals surface area contributed by atoms with Gasteiger partial charge in [0, 0.05) is 24.8 Å². The summed E-state index contributed by atoms with van der Waals surface area (Å²) in [5.41, 5.74) is 1.79. The fourth-order valence-electron chi connectivity index (χ4n) is 1.45. The van der Waals surface area contributed by atoms with E-state index < -0.39 is 0 Å². The number of hydrogen-bond donors (Lipinski definition) is 1. The minimum Gasteiger partial charge on any atom is -0.347 e. The Bertz CT molecular complexity index is 580. The number of nitrogens with one attached hydrogen (secondary N) is 1. The lowest BCUT2D eigenvalue weighted by atomic mass is 10.1. The third kappa shape index (κ3) is 3.43. The van der Waals surface area contributed by atoms with Gasteiger partial charge >= 0.3 is 0 Å². The summed E-state index contributed by atoms with van der Waals surface area (Å²) in [4.78, 5) is 13.1. The molecule has 1 amide bonds. The van der Waals surface area contributed by atoms with Crippen molar-refractivity contribution >= 4 is 49.1 Å². The van der Waals surface area contributed by atoms with Crippen LogP contribution in [0.15, 0.2) is 38.6 Å². The number of benzene rings is 1. The molecule has 0 aliphatic rings. The van der Waals surface area contributed by atoms with Crippen molar-refractivity contribution in [3.63, 3.8) is 0 Å². The van der Waals surface area contributed by atoms with Gasteiger partial charge < -0.3 is 5.32 Å². The summed E-state index contributed by atoms with van der Waals surface area (Å²) >= 11 is 8.44. The van der Waals surface area contributed by atoms with Gasteiger partial charge in [-0.1, -0.05) is 22.0 Å². The second-order valence-corrected chi connectivity index (χ2v) is 6.64. The largest absolute Gasteiger partial charge is 0.347 e. The summed E-state index contributed by atoms with van der Waals surface area (Å²) in [7, 11) is 0. The van der Waals surface area contributed by atoms with Crippen LogP contribution in [0.2, 0.25) is 0 Å². The molecule has 0 aliphatic carbocycles. The highest BCUT2D eigenvalue weighted by molar-refractivity contribution is 9.10. The van der Waals surface area contributed by atoms with Gasteiger partial charge in [-0.2, -0.15) is 0 Å². The molecule has 0 saturated heterocycles. The highest BCUT2D eigenvalue weighted by Gasteiger charge is 2.07. The first-order valence-electron chi connectivity index (χ1n) is 5.33. The van der Waals surface area contributed by atoms with Gasteiger partial charge in [-0.05, 0) is 46.6 Å². The minimum absolute atomic E-state index is 0.0553. The second-order valence-electron chi connectivity index (χ2n) is 3.88. The molecule has 2 rings (SSSR count). The van der Waals surface area contributed by atoms with Crippen LogP contribution in [-0.2, 0) is 6.54 Å². The van der Waals surface area contributed by atoms with E-state index in [0.29, 0.717) is 12.1 Å². The topological polar surface area (TPSA) is 29.1 Å². The normalized spacial score (nSPS) is 10.4. The van der Waals surface area contributed by atoms with E-state index in [0.717, 1.165) is 19.4 Å². The third-order valence-corrected chi connectivity index (χ3v) is 5.03. The third-order valence-electron chi connectivity index (χ3n) is 2.48. The molecule has 1 aromatic heterocycles. The summed E-state index contributed by atoms with van der Waals surface area (Å²) in [6, 6.07) is 7.62. The summed E-state index contributed by atoms with van der Waals surface area (Å²) in [6.07, 6.45) is 0. The minimum atomic E-state index is -0.0553. The van der Waals surface area contributed by atoms with Crippen molar-refractivity contribution in [2.75, 3.05) is 0 Å². The average Bonchev–Trinajstić information content (AvgIpc) is 2.75. The number of hydrogen-bond acceptors (Lipinski definition) is 2. The zero-order chi connectivity index (χ0) is 13.1. The lowest BCUT2D eigenvalue weighted by molar-refractivity contribution is 0.0951. The number of thiophene rings is 1. The van der Waals surface area contributed by atoms with Gasteiger partial charge in [0.05, 0.1) is 6.54 Å². The van der Waals surface area contributed by atoms with E-state index in [2.05, 4.69) is 37.2 Å². The fraction of sp³-hybridized carbons (Fsp3) is 0.154. The number of amides is 1. The molecule has 1 N–H and O–H groups in total. The average molecular weight is 389 g/mol. The first-order valence-corrected chi connectivity index (χ1v) is 7.80. The Kier molecular flexibility index (Phi) is 4.59. The van der Waals surface area contributed by atoms with Crippen LogP contribution in [0.5, 0.6) is 0 Å². The van der Waals surface area contributed by atoms with Gasteiger partial charge in [0.1, 0.15) is 0 Å². The Balaban J connectivity index is 2.01. The Morgan fingerprint density at radius 2 is 2.11 bits per heavy atom. The Labute approximate surface area is 127 Å². The van der Waals surface area contributed by atoms with Gasteiger partial charge in [-0.3, -0.25) is 4.79 Å². The zero-order valence-electron chi connectivity index (χ0n) is 9.67. The van der Waals surface area contributed by atoms with Crippen LogP contribution in [0.4, 0.5) is 0 Å². The van der Waals surface area contributed by atoms with Crippen LogP contribution in [0.3, 0.4) is 0 Å². The molecule has 0 radical (unpaired) electrons. The van der Waals surface area contributed by atoms with Crippen molar-refractivity contribution in [2.24, 2.45) is 0 Å². The van der Waals surface area contributed by atoms with Gasteiger partial charge in [-0.25, -0.2) is 0 Å². The molecule has 0 aliphatic heterocycles. The predicted molar refractivity (Wildman–Crippen MR) is 82.1 cm³/mol. The van der Waals surface area contributed by atoms with Crippen LogP contribution >= 0.6 is 43.2 Å². The molecule has 0 spiro atoms. The van der Waals surface area contributed by atoms with Crippen molar-refractivity contribution < 1.29 is 4.79 Å². The molecule has 0 fully saturated rings. The second kappa shape index (κ2) is 5.99. The van der Waals surface area contributed by atoms with E-state index in [9.17, 15) is 4.79 Å². The first kappa shape index (κ1) is 13.8. The van der Waals surface area contributed by atoms with Crippen molar-refractivity contribution in [3.05, 3.63) is 54.6 Å². The Morgan fingerprint density at radius 3 is 2.72 bits per heavy atom. The molecule has 0 unspecified atom stereocenters. The van der Waals surface area contributed by atoms with E-state index in [4.69, 9.17) is 0 Å². The van der Waals surface area contributed by atoms with Crippen LogP contribution in [-0.4, -0.2) is 5.91 Å². The van der Waals surface area contributed by atoms with Crippen LogP contribution in [0.1, 0.15) is 20.8 Å². The van der Waals surface area contributed by atoms with E-state index in [-0.39, 0.29) is 5.91 Å². The number of carbonyl (C=O) groups excluding carboxylic acids is 1. The van der Waals surface area contributed by atoms with Gasteiger partial charge in [0.15, 0.2) is 0 Å². The molecular formula is C13H11Br2NOS. The van der Waals surface area contributed by atoms with Crippen molar-refractivity contribution in [2.45, 2.75) is 13.5 Å². The summed E-state index contributed by atoms with van der Waals surface area (Å²) in [5.74, 6) is -0.0553. The highest BCUT2D eigenvalue weighted by atomic mass is 79.9.